The first-order chi connectivity index (χ1) is 12.2. The summed E-state index contributed by atoms with van der Waals surface area (Å²) in [5, 5.41) is 2.86. The first-order valence-corrected chi connectivity index (χ1v) is 10.1. The minimum atomic E-state index is -3.33. The lowest BCUT2D eigenvalue weighted by Crippen LogP contribution is -2.36. The maximum atomic E-state index is 12.3. The van der Waals surface area contributed by atoms with Crippen LogP contribution in [0.15, 0.2) is 48.5 Å². The van der Waals surface area contributed by atoms with E-state index in [-0.39, 0.29) is 11.9 Å². The van der Waals surface area contributed by atoms with Crippen molar-refractivity contribution in [2.75, 3.05) is 24.2 Å². The van der Waals surface area contributed by atoms with Gasteiger partial charge in [0, 0.05) is 12.6 Å². The Morgan fingerprint density at radius 2 is 1.69 bits per heavy atom. The second-order valence-corrected chi connectivity index (χ2v) is 8.29. The fraction of sp³-hybridized carbons (Fsp3) is 0.316. The lowest BCUT2D eigenvalue weighted by Gasteiger charge is -2.17. The van der Waals surface area contributed by atoms with Crippen LogP contribution in [0.1, 0.15) is 22.8 Å². The first kappa shape index (κ1) is 19.8. The number of rotatable bonds is 7. The normalized spacial score (nSPS) is 12.3. The maximum Gasteiger partial charge on any atom is 0.251 e. The molecule has 1 atom stereocenters. The SMILES string of the molecule is Cc1ccc(OC[C@H](C)NC(=O)c2ccc(N(C)S(C)(=O)=O)cc2)cc1. The van der Waals surface area contributed by atoms with E-state index in [1.54, 1.807) is 24.3 Å². The Hall–Kier alpha value is -2.54. The van der Waals surface area contributed by atoms with E-state index in [1.165, 1.54) is 7.05 Å². The predicted octanol–water partition coefficient (Wildman–Crippen LogP) is 2.59. The van der Waals surface area contributed by atoms with Crippen molar-refractivity contribution in [2.24, 2.45) is 0 Å². The van der Waals surface area contributed by atoms with Crippen molar-refractivity contribution in [3.63, 3.8) is 0 Å². The third-order valence-electron chi connectivity index (χ3n) is 3.89. The highest BCUT2D eigenvalue weighted by Crippen LogP contribution is 2.16. The van der Waals surface area contributed by atoms with Crippen LogP contribution >= 0.6 is 0 Å². The summed E-state index contributed by atoms with van der Waals surface area (Å²) >= 11 is 0. The summed E-state index contributed by atoms with van der Waals surface area (Å²) in [7, 11) is -1.86. The van der Waals surface area contributed by atoms with E-state index in [0.29, 0.717) is 17.9 Å². The standard InChI is InChI=1S/C19H24N2O4S/c1-14-5-11-18(12-6-14)25-13-15(2)20-19(22)16-7-9-17(10-8-16)21(3)26(4,23)24/h5-12,15H,13H2,1-4H3,(H,20,22)/t15-/m0/s1. The molecule has 0 aromatic heterocycles. The van der Waals surface area contributed by atoms with Gasteiger partial charge >= 0.3 is 0 Å². The molecule has 0 saturated heterocycles. The van der Waals surface area contributed by atoms with Crippen LogP contribution in [-0.4, -0.2) is 40.3 Å². The highest BCUT2D eigenvalue weighted by Gasteiger charge is 2.14. The fourth-order valence-corrected chi connectivity index (χ4v) is 2.72. The van der Waals surface area contributed by atoms with E-state index < -0.39 is 10.0 Å². The largest absolute Gasteiger partial charge is 0.491 e. The zero-order valence-electron chi connectivity index (χ0n) is 15.4. The molecule has 0 saturated carbocycles. The van der Waals surface area contributed by atoms with Crippen LogP contribution in [0.4, 0.5) is 5.69 Å². The van der Waals surface area contributed by atoms with Crippen LogP contribution in [0, 0.1) is 6.92 Å². The Morgan fingerprint density at radius 1 is 1.12 bits per heavy atom. The summed E-state index contributed by atoms with van der Waals surface area (Å²) in [6, 6.07) is 13.9. The summed E-state index contributed by atoms with van der Waals surface area (Å²) in [4.78, 5) is 12.3. The number of anilines is 1. The van der Waals surface area contributed by atoms with Crippen LogP contribution in [0.3, 0.4) is 0 Å². The summed E-state index contributed by atoms with van der Waals surface area (Å²) < 4.78 is 29.9. The number of hydrogen-bond acceptors (Lipinski definition) is 4. The van der Waals surface area contributed by atoms with Gasteiger partial charge in [0.2, 0.25) is 10.0 Å². The van der Waals surface area contributed by atoms with Crippen molar-refractivity contribution in [2.45, 2.75) is 19.9 Å². The quantitative estimate of drug-likeness (QED) is 0.806. The van der Waals surface area contributed by atoms with Gasteiger partial charge in [-0.15, -0.1) is 0 Å². The van der Waals surface area contributed by atoms with Gasteiger partial charge in [-0.1, -0.05) is 17.7 Å². The molecule has 0 fully saturated rings. The molecule has 0 aliphatic heterocycles. The molecule has 0 heterocycles. The summed E-state index contributed by atoms with van der Waals surface area (Å²) in [6.07, 6.45) is 1.13. The molecule has 0 aliphatic carbocycles. The monoisotopic (exact) mass is 376 g/mol. The van der Waals surface area contributed by atoms with E-state index in [0.717, 1.165) is 21.9 Å². The van der Waals surface area contributed by atoms with Crippen molar-refractivity contribution < 1.29 is 17.9 Å². The minimum absolute atomic E-state index is 0.179. The molecule has 7 heteroatoms. The Bertz CT molecular complexity index is 846. The molecular formula is C19H24N2O4S. The number of benzene rings is 2. The Balaban J connectivity index is 1.91. The van der Waals surface area contributed by atoms with E-state index >= 15 is 0 Å². The molecule has 0 radical (unpaired) electrons. The molecule has 1 N–H and O–H groups in total. The van der Waals surface area contributed by atoms with Gasteiger partial charge in [-0.3, -0.25) is 9.10 Å². The molecular weight excluding hydrogens is 352 g/mol. The van der Waals surface area contributed by atoms with Gasteiger partial charge in [0.1, 0.15) is 12.4 Å². The number of aryl methyl sites for hydroxylation is 1. The van der Waals surface area contributed by atoms with Gasteiger partial charge in [0.05, 0.1) is 18.0 Å². The van der Waals surface area contributed by atoms with Gasteiger partial charge in [0.25, 0.3) is 5.91 Å². The molecule has 2 rings (SSSR count). The molecule has 2 aromatic rings. The molecule has 0 bridgehead atoms. The predicted molar refractivity (Wildman–Crippen MR) is 103 cm³/mol. The molecule has 6 nitrogen and oxygen atoms in total. The maximum absolute atomic E-state index is 12.3. The van der Waals surface area contributed by atoms with E-state index in [4.69, 9.17) is 4.74 Å². The Kier molecular flexibility index (Phi) is 6.26. The van der Waals surface area contributed by atoms with Crippen LogP contribution < -0.4 is 14.4 Å². The van der Waals surface area contributed by atoms with Gasteiger partial charge in [-0.2, -0.15) is 0 Å². The average Bonchev–Trinajstić information content (AvgIpc) is 2.60. The number of hydrogen-bond donors (Lipinski definition) is 1. The van der Waals surface area contributed by atoms with E-state index in [2.05, 4.69) is 5.32 Å². The number of carbonyl (C=O) groups is 1. The minimum Gasteiger partial charge on any atom is -0.491 e. The summed E-state index contributed by atoms with van der Waals surface area (Å²) in [5.41, 5.74) is 2.11. The van der Waals surface area contributed by atoms with Crippen molar-refractivity contribution in [3.05, 3.63) is 59.7 Å². The molecule has 0 unspecified atom stereocenters. The third-order valence-corrected chi connectivity index (χ3v) is 5.09. The fourth-order valence-electron chi connectivity index (χ4n) is 2.22. The number of amides is 1. The van der Waals surface area contributed by atoms with Crippen LogP contribution in [0.25, 0.3) is 0 Å². The van der Waals surface area contributed by atoms with Crippen LogP contribution in [0.2, 0.25) is 0 Å². The highest BCUT2D eigenvalue weighted by atomic mass is 32.2. The summed E-state index contributed by atoms with van der Waals surface area (Å²) in [6.45, 7) is 4.22. The van der Waals surface area contributed by atoms with E-state index in [9.17, 15) is 13.2 Å². The van der Waals surface area contributed by atoms with Gasteiger partial charge in [0.15, 0.2) is 0 Å². The number of ether oxygens (including phenoxy) is 1. The zero-order valence-corrected chi connectivity index (χ0v) is 16.2. The van der Waals surface area contributed by atoms with Crippen LogP contribution in [0.5, 0.6) is 5.75 Å². The molecule has 140 valence electrons. The number of nitrogens with zero attached hydrogens (tertiary/aromatic N) is 1. The second-order valence-electron chi connectivity index (χ2n) is 6.28. The summed E-state index contributed by atoms with van der Waals surface area (Å²) in [5.74, 6) is 0.517. The molecule has 0 aliphatic rings. The van der Waals surface area contributed by atoms with Gasteiger partial charge in [-0.05, 0) is 50.2 Å². The number of carbonyl (C=O) groups excluding carboxylic acids is 1. The average molecular weight is 376 g/mol. The highest BCUT2D eigenvalue weighted by molar-refractivity contribution is 7.92. The van der Waals surface area contributed by atoms with Gasteiger partial charge in [-0.25, -0.2) is 8.42 Å². The lowest BCUT2D eigenvalue weighted by atomic mass is 10.2. The zero-order chi connectivity index (χ0) is 19.3. The number of sulfonamides is 1. The van der Waals surface area contributed by atoms with Crippen molar-refractivity contribution in [1.29, 1.82) is 0 Å². The second kappa shape index (κ2) is 8.23. The molecule has 0 spiro atoms. The molecule has 26 heavy (non-hydrogen) atoms. The molecule has 2 aromatic carbocycles. The third kappa shape index (κ3) is 5.49. The topological polar surface area (TPSA) is 75.7 Å². The number of nitrogens with one attached hydrogen (secondary N) is 1. The van der Waals surface area contributed by atoms with Crippen molar-refractivity contribution in [1.82, 2.24) is 5.32 Å². The lowest BCUT2D eigenvalue weighted by molar-refractivity contribution is 0.0926. The van der Waals surface area contributed by atoms with Gasteiger partial charge < -0.3 is 10.1 Å². The van der Waals surface area contributed by atoms with E-state index in [1.807, 2.05) is 38.1 Å². The smallest absolute Gasteiger partial charge is 0.251 e. The van der Waals surface area contributed by atoms with Crippen molar-refractivity contribution in [3.8, 4) is 5.75 Å². The van der Waals surface area contributed by atoms with Crippen LogP contribution in [-0.2, 0) is 10.0 Å². The first-order valence-electron chi connectivity index (χ1n) is 8.21. The Labute approximate surface area is 154 Å². The Morgan fingerprint density at radius 3 is 2.23 bits per heavy atom. The van der Waals surface area contributed by atoms with Crippen molar-refractivity contribution >= 4 is 21.6 Å². The molecule has 1 amide bonds.